The minimum atomic E-state index is 0. The number of hydrogen-bond donors (Lipinski definition) is 2. The Morgan fingerprint density at radius 1 is 0.632 bits per heavy atom. The Morgan fingerprint density at radius 3 is 1.26 bits per heavy atom. The maximum Gasteiger partial charge on any atom is 0.0701 e. The molecule has 0 rings (SSSR count). The molecule has 0 aromatic carbocycles. The van der Waals surface area contributed by atoms with Crippen LogP contribution in [-0.2, 0) is 14.2 Å². The summed E-state index contributed by atoms with van der Waals surface area (Å²) in [6.45, 7) is 14.3. The molecular weight excluding hydrogens is 244 g/mol. The first-order chi connectivity index (χ1) is 9.13. The van der Waals surface area contributed by atoms with Crippen molar-refractivity contribution in [2.24, 2.45) is 0 Å². The quantitative estimate of drug-likeness (QED) is 0.473. The van der Waals surface area contributed by atoms with Gasteiger partial charge in [0, 0.05) is 28.0 Å². The van der Waals surface area contributed by atoms with Crippen molar-refractivity contribution in [2.75, 3.05) is 52.7 Å². The van der Waals surface area contributed by atoms with Crippen molar-refractivity contribution in [3.8, 4) is 0 Å². The summed E-state index contributed by atoms with van der Waals surface area (Å²) in [7, 11) is 0. The molecule has 0 radical (unpaired) electrons. The molecule has 0 aliphatic carbocycles. The summed E-state index contributed by atoms with van der Waals surface area (Å²) in [5.41, 5.74) is 0. The molecule has 5 heteroatoms. The molecule has 0 saturated carbocycles. The first-order valence-corrected chi connectivity index (χ1v) is 7.33. The van der Waals surface area contributed by atoms with E-state index < -0.39 is 0 Å². The van der Waals surface area contributed by atoms with Gasteiger partial charge in [-0.15, -0.1) is 0 Å². The minimum Gasteiger partial charge on any atom is -0.378 e. The highest BCUT2D eigenvalue weighted by Crippen LogP contribution is 1.82. The molecule has 0 heterocycles. The van der Waals surface area contributed by atoms with Gasteiger partial charge in [0.2, 0.25) is 0 Å². The van der Waals surface area contributed by atoms with E-state index in [0.717, 1.165) is 26.3 Å². The number of rotatable bonds is 14. The lowest BCUT2D eigenvalue weighted by molar-refractivity contribution is 0.0154. The molecule has 0 atom stereocenters. The van der Waals surface area contributed by atoms with Crippen LogP contribution in [0.4, 0.5) is 0 Å². The lowest BCUT2D eigenvalue weighted by Crippen LogP contribution is -2.27. The Kier molecular flexibility index (Phi) is 14.1. The van der Waals surface area contributed by atoms with Crippen LogP contribution in [0.3, 0.4) is 0 Å². The summed E-state index contributed by atoms with van der Waals surface area (Å²) in [6, 6.07) is 1.03. The van der Waals surface area contributed by atoms with Crippen molar-refractivity contribution in [1.82, 2.24) is 10.6 Å². The Morgan fingerprint density at radius 2 is 0.947 bits per heavy atom. The number of nitrogens with one attached hydrogen (secondary N) is 2. The van der Waals surface area contributed by atoms with Gasteiger partial charge in [0.1, 0.15) is 0 Å². The molecule has 0 aliphatic heterocycles. The second-order valence-corrected chi connectivity index (χ2v) is 5.05. The summed E-state index contributed by atoms with van der Waals surface area (Å²) in [5.74, 6) is 0. The molecular formula is C14H36N2O3. The smallest absolute Gasteiger partial charge is 0.0701 e. The van der Waals surface area contributed by atoms with E-state index in [9.17, 15) is 0 Å². The van der Waals surface area contributed by atoms with Gasteiger partial charge in [0.05, 0.1) is 39.6 Å². The summed E-state index contributed by atoms with van der Waals surface area (Å²) < 4.78 is 16.2. The van der Waals surface area contributed by atoms with E-state index in [2.05, 4.69) is 38.3 Å². The first kappa shape index (κ1) is 18.8. The van der Waals surface area contributed by atoms with Gasteiger partial charge in [0.25, 0.3) is 0 Å². The average molecular weight is 280 g/mol. The Bertz CT molecular complexity index is 170. The third kappa shape index (κ3) is 17.8. The monoisotopic (exact) mass is 280 g/mol. The molecule has 0 fully saturated rings. The predicted molar refractivity (Wildman–Crippen MR) is 83.0 cm³/mol. The Labute approximate surface area is 121 Å². The van der Waals surface area contributed by atoms with Crippen LogP contribution in [-0.4, -0.2) is 64.8 Å². The van der Waals surface area contributed by atoms with Gasteiger partial charge in [-0.1, -0.05) is 27.7 Å². The van der Waals surface area contributed by atoms with Gasteiger partial charge in [-0.25, -0.2) is 0 Å². The minimum absolute atomic E-state index is 0. The summed E-state index contributed by atoms with van der Waals surface area (Å²) >= 11 is 0. The molecule has 120 valence electrons. The molecule has 0 spiro atoms. The Hall–Kier alpha value is -0.200. The number of ether oxygens (including phenoxy) is 3. The normalized spacial score (nSPS) is 11.7. The van der Waals surface area contributed by atoms with Gasteiger partial charge < -0.3 is 24.8 Å². The van der Waals surface area contributed by atoms with Crippen molar-refractivity contribution >= 4 is 0 Å². The largest absolute Gasteiger partial charge is 0.378 e. The van der Waals surface area contributed by atoms with Crippen molar-refractivity contribution in [3.63, 3.8) is 0 Å². The fraction of sp³-hybridized carbons (Fsp3) is 1.00. The molecule has 0 aromatic rings. The van der Waals surface area contributed by atoms with E-state index in [1.165, 1.54) is 0 Å². The molecule has 0 bridgehead atoms. The lowest BCUT2D eigenvalue weighted by Gasteiger charge is -2.10. The van der Waals surface area contributed by atoms with E-state index in [-0.39, 0.29) is 2.85 Å². The fourth-order valence-corrected chi connectivity index (χ4v) is 1.38. The third-order valence-electron chi connectivity index (χ3n) is 2.34. The Balaban J connectivity index is -0.00000162. The summed E-state index contributed by atoms with van der Waals surface area (Å²) in [6.07, 6.45) is 0. The highest BCUT2D eigenvalue weighted by Gasteiger charge is 1.94. The SMILES string of the molecule is CC(C)NCCOCCOCCOCCNC(C)C.[HH].[HH]. The predicted octanol–water partition coefficient (Wildman–Crippen LogP) is 1.52. The van der Waals surface area contributed by atoms with Crippen LogP contribution >= 0.6 is 0 Å². The number of hydrogen-bond acceptors (Lipinski definition) is 5. The van der Waals surface area contributed by atoms with E-state index in [0.29, 0.717) is 38.5 Å². The van der Waals surface area contributed by atoms with Crippen molar-refractivity contribution in [1.29, 1.82) is 0 Å². The fourth-order valence-electron chi connectivity index (χ4n) is 1.38. The van der Waals surface area contributed by atoms with Crippen LogP contribution in [0.1, 0.15) is 30.5 Å². The van der Waals surface area contributed by atoms with Gasteiger partial charge in [-0.3, -0.25) is 0 Å². The van der Waals surface area contributed by atoms with Crippen LogP contribution in [0.2, 0.25) is 0 Å². The zero-order chi connectivity index (χ0) is 14.3. The topological polar surface area (TPSA) is 51.8 Å². The summed E-state index contributed by atoms with van der Waals surface area (Å²) in [4.78, 5) is 0. The molecule has 19 heavy (non-hydrogen) atoms. The average Bonchev–Trinajstić information content (AvgIpc) is 2.34. The maximum absolute atomic E-state index is 5.42. The second kappa shape index (κ2) is 14.2. The van der Waals surface area contributed by atoms with E-state index >= 15 is 0 Å². The maximum atomic E-state index is 5.42. The van der Waals surface area contributed by atoms with Gasteiger partial charge in [-0.05, 0) is 0 Å². The van der Waals surface area contributed by atoms with Gasteiger partial charge in [0.15, 0.2) is 0 Å². The van der Waals surface area contributed by atoms with Crippen LogP contribution in [0.15, 0.2) is 0 Å². The molecule has 0 aliphatic rings. The van der Waals surface area contributed by atoms with E-state index in [4.69, 9.17) is 14.2 Å². The van der Waals surface area contributed by atoms with Crippen LogP contribution in [0, 0.1) is 0 Å². The van der Waals surface area contributed by atoms with E-state index in [1.54, 1.807) is 0 Å². The molecule has 0 unspecified atom stereocenters. The van der Waals surface area contributed by atoms with Crippen LogP contribution in [0.5, 0.6) is 0 Å². The molecule has 0 saturated heterocycles. The van der Waals surface area contributed by atoms with Crippen LogP contribution in [0.25, 0.3) is 0 Å². The standard InChI is InChI=1S/C14H32N2O3.2H2/c1-13(2)15-5-7-17-9-11-19-12-10-18-8-6-16-14(3)4;;/h13-16H,5-12H2,1-4H3;2*1H. The lowest BCUT2D eigenvalue weighted by atomic mass is 10.4. The van der Waals surface area contributed by atoms with Crippen molar-refractivity contribution < 1.29 is 17.1 Å². The second-order valence-electron chi connectivity index (χ2n) is 5.05. The van der Waals surface area contributed by atoms with E-state index in [1.807, 2.05) is 0 Å². The third-order valence-corrected chi connectivity index (χ3v) is 2.34. The molecule has 0 amide bonds. The zero-order valence-corrected chi connectivity index (χ0v) is 13.0. The molecule has 0 aromatic heterocycles. The van der Waals surface area contributed by atoms with Crippen LogP contribution < -0.4 is 10.6 Å². The van der Waals surface area contributed by atoms with Gasteiger partial charge in [-0.2, -0.15) is 0 Å². The highest BCUT2D eigenvalue weighted by molar-refractivity contribution is 4.51. The first-order valence-electron chi connectivity index (χ1n) is 7.33. The van der Waals surface area contributed by atoms with Gasteiger partial charge >= 0.3 is 0 Å². The molecule has 2 N–H and O–H groups in total. The molecule has 5 nitrogen and oxygen atoms in total. The highest BCUT2D eigenvalue weighted by atomic mass is 16.5. The zero-order valence-electron chi connectivity index (χ0n) is 13.0. The van der Waals surface area contributed by atoms with Crippen molar-refractivity contribution in [3.05, 3.63) is 0 Å². The van der Waals surface area contributed by atoms with Crippen molar-refractivity contribution in [2.45, 2.75) is 39.8 Å². The summed E-state index contributed by atoms with van der Waals surface area (Å²) in [5, 5.41) is 6.58.